The van der Waals surface area contributed by atoms with E-state index in [0.29, 0.717) is 23.2 Å². The standard InChI is InChI=1S/C14H22ClN3O/c1-5-11(3)18(4)7-6-16-14(19)12-9-17-10(2)8-13(12)15/h8-9,11H,5-7H2,1-4H3,(H,16,19). The SMILES string of the molecule is CCC(C)N(C)CCNC(=O)c1cnc(C)cc1Cl. The Morgan fingerprint density at radius 2 is 2.26 bits per heavy atom. The zero-order chi connectivity index (χ0) is 14.4. The number of hydrogen-bond donors (Lipinski definition) is 1. The topological polar surface area (TPSA) is 45.2 Å². The van der Waals surface area contributed by atoms with Gasteiger partial charge in [0.2, 0.25) is 0 Å². The molecule has 1 aromatic rings. The molecule has 0 fully saturated rings. The monoisotopic (exact) mass is 283 g/mol. The molecular formula is C14H22ClN3O. The molecule has 0 radical (unpaired) electrons. The molecule has 4 nitrogen and oxygen atoms in total. The summed E-state index contributed by atoms with van der Waals surface area (Å²) in [6.45, 7) is 7.58. The predicted octanol–water partition coefficient (Wildman–Crippen LogP) is 2.50. The van der Waals surface area contributed by atoms with Crippen LogP contribution in [0.4, 0.5) is 0 Å². The largest absolute Gasteiger partial charge is 0.351 e. The van der Waals surface area contributed by atoms with Crippen LogP contribution in [0.2, 0.25) is 5.02 Å². The van der Waals surface area contributed by atoms with Crippen LogP contribution >= 0.6 is 11.6 Å². The van der Waals surface area contributed by atoms with E-state index in [4.69, 9.17) is 11.6 Å². The van der Waals surface area contributed by atoms with E-state index in [1.807, 2.05) is 6.92 Å². The van der Waals surface area contributed by atoms with Gasteiger partial charge in [0.05, 0.1) is 10.6 Å². The highest BCUT2D eigenvalue weighted by Crippen LogP contribution is 2.15. The lowest BCUT2D eigenvalue weighted by atomic mass is 10.2. The highest BCUT2D eigenvalue weighted by molar-refractivity contribution is 6.33. The summed E-state index contributed by atoms with van der Waals surface area (Å²) in [5.41, 5.74) is 1.23. The van der Waals surface area contributed by atoms with Crippen molar-refractivity contribution in [2.45, 2.75) is 33.2 Å². The predicted molar refractivity (Wildman–Crippen MR) is 78.7 cm³/mol. The van der Waals surface area contributed by atoms with Crippen LogP contribution in [0.5, 0.6) is 0 Å². The lowest BCUT2D eigenvalue weighted by Gasteiger charge is -2.23. The van der Waals surface area contributed by atoms with Gasteiger partial charge in [-0.2, -0.15) is 0 Å². The molecule has 1 N–H and O–H groups in total. The van der Waals surface area contributed by atoms with Crippen molar-refractivity contribution in [2.75, 3.05) is 20.1 Å². The van der Waals surface area contributed by atoms with Gasteiger partial charge in [0.25, 0.3) is 5.91 Å². The van der Waals surface area contributed by atoms with Crippen molar-refractivity contribution in [2.24, 2.45) is 0 Å². The Morgan fingerprint density at radius 3 is 2.84 bits per heavy atom. The van der Waals surface area contributed by atoms with Crippen molar-refractivity contribution in [1.82, 2.24) is 15.2 Å². The maximum Gasteiger partial charge on any atom is 0.254 e. The number of aromatic nitrogens is 1. The first-order valence-corrected chi connectivity index (χ1v) is 6.94. The van der Waals surface area contributed by atoms with Crippen LogP contribution in [0.1, 0.15) is 36.3 Å². The number of aryl methyl sites for hydroxylation is 1. The molecule has 106 valence electrons. The number of halogens is 1. The molecule has 0 aliphatic heterocycles. The van der Waals surface area contributed by atoms with Gasteiger partial charge < -0.3 is 10.2 Å². The van der Waals surface area contributed by atoms with Crippen molar-refractivity contribution < 1.29 is 4.79 Å². The van der Waals surface area contributed by atoms with Gasteiger partial charge in [0.15, 0.2) is 0 Å². The van der Waals surface area contributed by atoms with Crippen LogP contribution in [-0.4, -0.2) is 42.0 Å². The van der Waals surface area contributed by atoms with Crippen LogP contribution in [0.15, 0.2) is 12.3 Å². The van der Waals surface area contributed by atoms with E-state index in [-0.39, 0.29) is 5.91 Å². The molecule has 0 saturated heterocycles. The Labute approximate surface area is 120 Å². The molecule has 1 heterocycles. The first-order valence-electron chi connectivity index (χ1n) is 6.56. The number of nitrogens with one attached hydrogen (secondary N) is 1. The van der Waals surface area contributed by atoms with E-state index >= 15 is 0 Å². The van der Waals surface area contributed by atoms with Gasteiger partial charge in [-0.25, -0.2) is 0 Å². The normalized spacial score (nSPS) is 12.5. The van der Waals surface area contributed by atoms with Gasteiger partial charge in [-0.3, -0.25) is 9.78 Å². The first-order chi connectivity index (χ1) is 8.95. The first kappa shape index (κ1) is 15.9. The third kappa shape index (κ3) is 4.80. The lowest BCUT2D eigenvalue weighted by molar-refractivity contribution is 0.0947. The molecule has 1 unspecified atom stereocenters. The molecule has 0 saturated carbocycles. The molecule has 1 rings (SSSR count). The Hall–Kier alpha value is -1.13. The molecule has 0 bridgehead atoms. The summed E-state index contributed by atoms with van der Waals surface area (Å²) in [7, 11) is 2.06. The maximum absolute atomic E-state index is 11.9. The van der Waals surface area contributed by atoms with E-state index < -0.39 is 0 Å². The van der Waals surface area contributed by atoms with Crippen molar-refractivity contribution in [3.63, 3.8) is 0 Å². The summed E-state index contributed by atoms with van der Waals surface area (Å²) >= 11 is 6.03. The fourth-order valence-corrected chi connectivity index (χ4v) is 1.96. The number of carbonyl (C=O) groups is 1. The fourth-order valence-electron chi connectivity index (χ4n) is 1.67. The summed E-state index contributed by atoms with van der Waals surface area (Å²) in [5, 5.41) is 3.31. The number of hydrogen-bond acceptors (Lipinski definition) is 3. The van der Waals surface area contributed by atoms with Gasteiger partial charge in [-0.15, -0.1) is 0 Å². The number of nitrogens with zero attached hydrogens (tertiary/aromatic N) is 2. The molecule has 1 atom stereocenters. The van der Waals surface area contributed by atoms with Crippen LogP contribution in [0.25, 0.3) is 0 Å². The zero-order valence-corrected chi connectivity index (χ0v) is 12.8. The number of rotatable bonds is 6. The van der Waals surface area contributed by atoms with Crippen molar-refractivity contribution in [3.05, 3.63) is 28.5 Å². The van der Waals surface area contributed by atoms with Crippen molar-refractivity contribution in [1.29, 1.82) is 0 Å². The van der Waals surface area contributed by atoms with Crippen LogP contribution < -0.4 is 5.32 Å². The summed E-state index contributed by atoms with van der Waals surface area (Å²) in [5.74, 6) is -0.171. The molecule has 1 amide bonds. The summed E-state index contributed by atoms with van der Waals surface area (Å²) in [4.78, 5) is 18.3. The van der Waals surface area contributed by atoms with Gasteiger partial charge in [0.1, 0.15) is 0 Å². The second kappa shape index (κ2) is 7.46. The third-order valence-electron chi connectivity index (χ3n) is 3.33. The Morgan fingerprint density at radius 1 is 1.58 bits per heavy atom. The quantitative estimate of drug-likeness (QED) is 0.872. The average molecular weight is 284 g/mol. The Balaban J connectivity index is 2.47. The second-order valence-electron chi connectivity index (χ2n) is 4.80. The number of carbonyl (C=O) groups excluding carboxylic acids is 1. The van der Waals surface area contributed by atoms with Crippen LogP contribution in [0, 0.1) is 6.92 Å². The van der Waals surface area contributed by atoms with Crippen LogP contribution in [0.3, 0.4) is 0 Å². The lowest BCUT2D eigenvalue weighted by Crippen LogP contribution is -2.37. The minimum absolute atomic E-state index is 0.171. The summed E-state index contributed by atoms with van der Waals surface area (Å²) in [6.07, 6.45) is 2.61. The molecule has 0 spiro atoms. The van der Waals surface area contributed by atoms with Gasteiger partial charge in [0, 0.05) is 31.0 Å². The smallest absolute Gasteiger partial charge is 0.254 e. The third-order valence-corrected chi connectivity index (χ3v) is 3.64. The van der Waals surface area contributed by atoms with E-state index in [1.165, 1.54) is 6.20 Å². The Kier molecular flexibility index (Phi) is 6.25. The zero-order valence-electron chi connectivity index (χ0n) is 12.0. The van der Waals surface area contributed by atoms with Crippen LogP contribution in [-0.2, 0) is 0 Å². The second-order valence-corrected chi connectivity index (χ2v) is 5.21. The molecule has 19 heavy (non-hydrogen) atoms. The van der Waals surface area contributed by atoms with Crippen molar-refractivity contribution in [3.8, 4) is 0 Å². The highest BCUT2D eigenvalue weighted by Gasteiger charge is 2.11. The minimum atomic E-state index is -0.171. The summed E-state index contributed by atoms with van der Waals surface area (Å²) < 4.78 is 0. The van der Waals surface area contributed by atoms with E-state index in [0.717, 1.165) is 18.7 Å². The highest BCUT2D eigenvalue weighted by atomic mass is 35.5. The molecular weight excluding hydrogens is 262 g/mol. The fraction of sp³-hybridized carbons (Fsp3) is 0.571. The summed E-state index contributed by atoms with van der Waals surface area (Å²) in [6, 6.07) is 2.21. The number of amides is 1. The van der Waals surface area contributed by atoms with E-state index in [2.05, 4.69) is 36.1 Å². The van der Waals surface area contributed by atoms with Gasteiger partial charge in [-0.05, 0) is 33.4 Å². The molecule has 0 aliphatic rings. The van der Waals surface area contributed by atoms with Gasteiger partial charge >= 0.3 is 0 Å². The number of likely N-dealkylation sites (N-methyl/N-ethyl adjacent to an activating group) is 1. The number of pyridine rings is 1. The molecule has 0 aliphatic carbocycles. The average Bonchev–Trinajstić information content (AvgIpc) is 2.37. The van der Waals surface area contributed by atoms with Gasteiger partial charge in [-0.1, -0.05) is 18.5 Å². The Bertz CT molecular complexity index is 437. The van der Waals surface area contributed by atoms with Crippen molar-refractivity contribution >= 4 is 17.5 Å². The van der Waals surface area contributed by atoms with E-state index in [9.17, 15) is 4.79 Å². The molecule has 0 aromatic carbocycles. The molecule has 1 aromatic heterocycles. The maximum atomic E-state index is 11.9. The van der Waals surface area contributed by atoms with E-state index in [1.54, 1.807) is 6.07 Å². The minimum Gasteiger partial charge on any atom is -0.351 e. The molecule has 5 heteroatoms.